The van der Waals surface area contributed by atoms with Crippen LogP contribution in [0.3, 0.4) is 0 Å². The number of rotatable bonds is 3. The van der Waals surface area contributed by atoms with Crippen LogP contribution in [0.4, 0.5) is 0 Å². The molecule has 0 saturated carbocycles. The van der Waals surface area contributed by atoms with Crippen LogP contribution >= 0.6 is 24.8 Å². The first kappa shape index (κ1) is 22.2. The predicted molar refractivity (Wildman–Crippen MR) is 104 cm³/mol. The molecule has 1 aromatic carbocycles. The number of aliphatic hydroxyl groups is 1. The number of halogens is 2. The molecule has 2 aliphatic heterocycles. The summed E-state index contributed by atoms with van der Waals surface area (Å²) in [5.41, 5.74) is 1.25. The number of β-amino-alcohol motifs (C(OH)–C–C–N with tert-alkyl or cyclic N) is 1. The Morgan fingerprint density at radius 1 is 1.24 bits per heavy atom. The van der Waals surface area contributed by atoms with Crippen molar-refractivity contribution in [3.8, 4) is 0 Å². The Balaban J connectivity index is 0.00000156. The average molecular weight is 390 g/mol. The second-order valence-corrected chi connectivity index (χ2v) is 7.33. The zero-order valence-corrected chi connectivity index (χ0v) is 16.5. The SMILES string of the molecule is CC1(C)CN(C(=O)C2CC(O)CN2)CCN1Cc1ccccc1.Cl.Cl. The lowest BCUT2D eigenvalue weighted by Gasteiger charge is -2.47. The maximum atomic E-state index is 12.6. The molecule has 3 rings (SSSR count). The fraction of sp³-hybridized carbons (Fsp3) is 0.611. The fourth-order valence-corrected chi connectivity index (χ4v) is 3.60. The van der Waals surface area contributed by atoms with E-state index >= 15 is 0 Å². The van der Waals surface area contributed by atoms with E-state index in [0.717, 1.165) is 26.2 Å². The molecule has 2 saturated heterocycles. The number of amides is 1. The Bertz CT molecular complexity index is 557. The number of carbonyl (C=O) groups is 1. The normalized spacial score (nSPS) is 25.8. The maximum Gasteiger partial charge on any atom is 0.239 e. The van der Waals surface area contributed by atoms with Gasteiger partial charge in [-0.15, -0.1) is 24.8 Å². The number of carbonyl (C=O) groups excluding carboxylic acids is 1. The van der Waals surface area contributed by atoms with E-state index in [-0.39, 0.29) is 42.3 Å². The van der Waals surface area contributed by atoms with E-state index in [2.05, 4.69) is 48.3 Å². The maximum absolute atomic E-state index is 12.6. The first-order chi connectivity index (χ1) is 11.0. The second kappa shape index (κ2) is 9.19. The highest BCUT2D eigenvalue weighted by atomic mass is 35.5. The summed E-state index contributed by atoms with van der Waals surface area (Å²) in [6.45, 7) is 8.20. The van der Waals surface area contributed by atoms with Crippen LogP contribution in [0.15, 0.2) is 30.3 Å². The first-order valence-corrected chi connectivity index (χ1v) is 8.45. The van der Waals surface area contributed by atoms with E-state index in [0.29, 0.717) is 13.0 Å². The van der Waals surface area contributed by atoms with E-state index < -0.39 is 6.10 Å². The van der Waals surface area contributed by atoms with E-state index in [1.807, 2.05) is 11.0 Å². The van der Waals surface area contributed by atoms with Crippen LogP contribution in [-0.4, -0.2) is 64.7 Å². The molecule has 2 atom stereocenters. The standard InChI is InChI=1S/C18H27N3O2.2ClH/c1-18(2)13-20(17(23)16-10-15(22)11-19-16)8-9-21(18)12-14-6-4-3-5-7-14;;/h3-7,15-16,19,22H,8-13H2,1-2H3;2*1H. The zero-order chi connectivity index (χ0) is 16.4. The lowest BCUT2D eigenvalue weighted by Crippen LogP contribution is -2.61. The topological polar surface area (TPSA) is 55.8 Å². The van der Waals surface area contributed by atoms with Crippen molar-refractivity contribution in [1.29, 1.82) is 0 Å². The van der Waals surface area contributed by atoms with E-state index in [9.17, 15) is 9.90 Å². The second-order valence-electron chi connectivity index (χ2n) is 7.33. The Morgan fingerprint density at radius 2 is 1.92 bits per heavy atom. The summed E-state index contributed by atoms with van der Waals surface area (Å²) in [5.74, 6) is 0.133. The summed E-state index contributed by atoms with van der Waals surface area (Å²) >= 11 is 0. The van der Waals surface area contributed by atoms with Crippen LogP contribution in [0, 0.1) is 0 Å². The number of aliphatic hydroxyl groups excluding tert-OH is 1. The summed E-state index contributed by atoms with van der Waals surface area (Å²) in [7, 11) is 0. The number of benzene rings is 1. The van der Waals surface area contributed by atoms with E-state index in [1.165, 1.54) is 5.56 Å². The van der Waals surface area contributed by atoms with Crippen LogP contribution in [0.1, 0.15) is 25.8 Å². The quantitative estimate of drug-likeness (QED) is 0.825. The van der Waals surface area contributed by atoms with Crippen LogP contribution in [-0.2, 0) is 11.3 Å². The first-order valence-electron chi connectivity index (χ1n) is 8.45. The van der Waals surface area contributed by atoms with Crippen molar-refractivity contribution >= 4 is 30.7 Å². The van der Waals surface area contributed by atoms with Gasteiger partial charge >= 0.3 is 0 Å². The third-order valence-electron chi connectivity index (χ3n) is 5.01. The molecule has 1 amide bonds. The summed E-state index contributed by atoms with van der Waals surface area (Å²) in [6, 6.07) is 10.3. The van der Waals surface area contributed by atoms with Gasteiger partial charge < -0.3 is 15.3 Å². The van der Waals surface area contributed by atoms with Crippen molar-refractivity contribution in [3.63, 3.8) is 0 Å². The molecule has 2 heterocycles. The molecule has 0 radical (unpaired) electrons. The van der Waals surface area contributed by atoms with Crippen LogP contribution < -0.4 is 5.32 Å². The number of hydrogen-bond acceptors (Lipinski definition) is 4. The highest BCUT2D eigenvalue weighted by Crippen LogP contribution is 2.24. The highest BCUT2D eigenvalue weighted by molar-refractivity contribution is 5.85. The molecule has 2 aliphatic rings. The number of hydrogen-bond donors (Lipinski definition) is 2. The van der Waals surface area contributed by atoms with Crippen molar-refractivity contribution in [1.82, 2.24) is 15.1 Å². The summed E-state index contributed by atoms with van der Waals surface area (Å²) in [6.07, 6.45) is 0.139. The molecule has 2 N–H and O–H groups in total. The molecule has 0 bridgehead atoms. The summed E-state index contributed by atoms with van der Waals surface area (Å²) in [5, 5.41) is 12.7. The Morgan fingerprint density at radius 3 is 2.48 bits per heavy atom. The van der Waals surface area contributed by atoms with E-state index in [4.69, 9.17) is 0 Å². The summed E-state index contributed by atoms with van der Waals surface area (Å²) in [4.78, 5) is 17.0. The van der Waals surface area contributed by atoms with Crippen molar-refractivity contribution in [2.45, 2.75) is 44.5 Å². The minimum atomic E-state index is -0.392. The van der Waals surface area contributed by atoms with Gasteiger partial charge in [0.15, 0.2) is 0 Å². The molecular formula is C18H29Cl2N3O2. The Labute approximate surface area is 162 Å². The van der Waals surface area contributed by atoms with Gasteiger partial charge in [-0.3, -0.25) is 9.69 Å². The summed E-state index contributed by atoms with van der Waals surface area (Å²) < 4.78 is 0. The van der Waals surface area contributed by atoms with Crippen molar-refractivity contribution in [3.05, 3.63) is 35.9 Å². The van der Waals surface area contributed by atoms with Gasteiger partial charge in [-0.1, -0.05) is 30.3 Å². The minimum Gasteiger partial charge on any atom is -0.392 e. The molecule has 25 heavy (non-hydrogen) atoms. The van der Waals surface area contributed by atoms with Crippen LogP contribution in [0.5, 0.6) is 0 Å². The molecule has 1 aromatic rings. The fourth-order valence-electron chi connectivity index (χ4n) is 3.60. The largest absolute Gasteiger partial charge is 0.392 e. The van der Waals surface area contributed by atoms with Gasteiger partial charge in [0, 0.05) is 38.3 Å². The Hall–Kier alpha value is -0.850. The van der Waals surface area contributed by atoms with Gasteiger partial charge in [-0.05, 0) is 25.8 Å². The van der Waals surface area contributed by atoms with Crippen LogP contribution in [0.25, 0.3) is 0 Å². The monoisotopic (exact) mass is 389 g/mol. The molecule has 5 nitrogen and oxygen atoms in total. The number of nitrogens with one attached hydrogen (secondary N) is 1. The van der Waals surface area contributed by atoms with Gasteiger partial charge in [-0.25, -0.2) is 0 Å². The van der Waals surface area contributed by atoms with Crippen molar-refractivity contribution < 1.29 is 9.90 Å². The molecule has 0 aromatic heterocycles. The smallest absolute Gasteiger partial charge is 0.239 e. The minimum absolute atomic E-state index is 0. The lowest BCUT2D eigenvalue weighted by molar-refractivity contribution is -0.138. The molecule has 142 valence electrons. The lowest BCUT2D eigenvalue weighted by atomic mass is 9.97. The highest BCUT2D eigenvalue weighted by Gasteiger charge is 2.38. The predicted octanol–water partition coefficient (Wildman–Crippen LogP) is 1.68. The molecule has 2 unspecified atom stereocenters. The van der Waals surface area contributed by atoms with Gasteiger partial charge in [-0.2, -0.15) is 0 Å². The number of nitrogens with zero attached hydrogens (tertiary/aromatic N) is 2. The molecule has 2 fully saturated rings. The zero-order valence-electron chi connectivity index (χ0n) is 14.9. The van der Waals surface area contributed by atoms with Crippen molar-refractivity contribution in [2.24, 2.45) is 0 Å². The molecule has 0 aliphatic carbocycles. The van der Waals surface area contributed by atoms with Gasteiger partial charge in [0.05, 0.1) is 12.1 Å². The average Bonchev–Trinajstić information content (AvgIpc) is 2.96. The molecular weight excluding hydrogens is 361 g/mol. The van der Waals surface area contributed by atoms with Gasteiger partial charge in [0.25, 0.3) is 0 Å². The number of piperazine rings is 1. The third-order valence-corrected chi connectivity index (χ3v) is 5.01. The molecule has 0 spiro atoms. The third kappa shape index (κ3) is 5.31. The van der Waals surface area contributed by atoms with Crippen molar-refractivity contribution in [2.75, 3.05) is 26.2 Å². The van der Waals surface area contributed by atoms with Gasteiger partial charge in [0.1, 0.15) is 0 Å². The van der Waals surface area contributed by atoms with Gasteiger partial charge in [0.2, 0.25) is 5.91 Å². The molecule has 7 heteroatoms. The van der Waals surface area contributed by atoms with Crippen LogP contribution in [0.2, 0.25) is 0 Å². The Kier molecular flexibility index (Phi) is 8.16. The van der Waals surface area contributed by atoms with E-state index in [1.54, 1.807) is 0 Å².